The van der Waals surface area contributed by atoms with Crippen LogP contribution in [-0.2, 0) is 18.4 Å². The Labute approximate surface area is 198 Å². The van der Waals surface area contributed by atoms with Gasteiger partial charge in [0, 0.05) is 17.6 Å². The first-order chi connectivity index (χ1) is 15.9. The van der Waals surface area contributed by atoms with Crippen molar-refractivity contribution in [2.24, 2.45) is 7.05 Å². The normalized spacial score (nSPS) is 11.8. The monoisotopic (exact) mass is 489 g/mol. The predicted molar refractivity (Wildman–Crippen MR) is 122 cm³/mol. The van der Waals surface area contributed by atoms with Crippen molar-refractivity contribution in [3.05, 3.63) is 52.8 Å². The molecule has 0 aliphatic carbocycles. The molecule has 0 fully saturated rings. The van der Waals surface area contributed by atoms with Crippen LogP contribution in [0.15, 0.2) is 41.6 Å². The van der Waals surface area contributed by atoms with Gasteiger partial charge in [-0.2, -0.15) is 0 Å². The van der Waals surface area contributed by atoms with Crippen LogP contribution in [0.2, 0.25) is 5.02 Å². The lowest BCUT2D eigenvalue weighted by Crippen LogP contribution is -2.24. The fourth-order valence-electron chi connectivity index (χ4n) is 3.02. The number of methoxy groups -OCH3 is 1. The van der Waals surface area contributed by atoms with Gasteiger partial charge in [-0.3, -0.25) is 9.59 Å². The number of anilines is 1. The molecule has 2 amide bonds. The van der Waals surface area contributed by atoms with E-state index in [9.17, 15) is 9.59 Å². The van der Waals surface area contributed by atoms with E-state index in [2.05, 4.69) is 20.8 Å². The van der Waals surface area contributed by atoms with E-state index in [1.807, 2.05) is 0 Å². The summed E-state index contributed by atoms with van der Waals surface area (Å²) in [5, 5.41) is 14.8. The average Bonchev–Trinajstić information content (AvgIpc) is 3.42. The number of amides is 2. The van der Waals surface area contributed by atoms with Gasteiger partial charge in [0.05, 0.1) is 25.1 Å². The van der Waals surface area contributed by atoms with E-state index in [4.69, 9.17) is 25.8 Å². The molecule has 0 saturated carbocycles. The lowest BCUT2D eigenvalue weighted by Gasteiger charge is -2.10. The maximum Gasteiger partial charge on any atom is 0.251 e. The molecule has 2 heterocycles. The zero-order valence-electron chi connectivity index (χ0n) is 17.8. The molecular weight excluding hydrogens is 470 g/mol. The molecule has 0 saturated heterocycles. The van der Waals surface area contributed by atoms with Crippen LogP contribution in [0, 0.1) is 0 Å². The Bertz CT molecular complexity index is 1200. The number of nitrogens with one attached hydrogen (secondary N) is 2. The number of aromatic nitrogens is 3. The molecule has 0 atom stereocenters. The van der Waals surface area contributed by atoms with Crippen LogP contribution in [0.1, 0.15) is 16.2 Å². The van der Waals surface area contributed by atoms with Crippen molar-refractivity contribution in [2.75, 3.05) is 25.0 Å². The predicted octanol–water partition coefficient (Wildman–Crippen LogP) is 2.87. The first kappa shape index (κ1) is 22.7. The summed E-state index contributed by atoms with van der Waals surface area (Å²) >= 11 is 7.21. The maximum absolute atomic E-state index is 12.5. The summed E-state index contributed by atoms with van der Waals surface area (Å²) in [5.74, 6) is 1.78. The van der Waals surface area contributed by atoms with Crippen LogP contribution < -0.4 is 24.8 Å². The number of rotatable bonds is 8. The SMILES string of the molecule is COc1ccc(Cl)cc1NC(=O)CSc1nnc(CNC(=O)c2ccc3c(c2)OCO3)n1C. The molecule has 12 heteroatoms. The Balaban J connectivity index is 1.31. The molecule has 2 aromatic carbocycles. The van der Waals surface area contributed by atoms with Crippen molar-refractivity contribution in [3.8, 4) is 17.2 Å². The fourth-order valence-corrected chi connectivity index (χ4v) is 3.92. The smallest absolute Gasteiger partial charge is 0.251 e. The summed E-state index contributed by atoms with van der Waals surface area (Å²) < 4.78 is 17.5. The van der Waals surface area contributed by atoms with Crippen molar-refractivity contribution in [2.45, 2.75) is 11.7 Å². The largest absolute Gasteiger partial charge is 0.495 e. The van der Waals surface area contributed by atoms with Crippen LogP contribution in [-0.4, -0.2) is 46.2 Å². The Hall–Kier alpha value is -3.44. The van der Waals surface area contributed by atoms with E-state index in [-0.39, 0.29) is 30.9 Å². The molecule has 33 heavy (non-hydrogen) atoms. The minimum absolute atomic E-state index is 0.102. The number of thioether (sulfide) groups is 1. The lowest BCUT2D eigenvalue weighted by atomic mass is 10.2. The zero-order chi connectivity index (χ0) is 23.4. The zero-order valence-corrected chi connectivity index (χ0v) is 19.3. The molecule has 10 nitrogen and oxygen atoms in total. The fraction of sp³-hybridized carbons (Fsp3) is 0.238. The minimum atomic E-state index is -0.277. The van der Waals surface area contributed by atoms with Crippen molar-refractivity contribution in [1.82, 2.24) is 20.1 Å². The maximum atomic E-state index is 12.5. The highest BCUT2D eigenvalue weighted by Crippen LogP contribution is 2.32. The second-order valence-electron chi connectivity index (χ2n) is 6.89. The number of nitrogens with zero attached hydrogens (tertiary/aromatic N) is 3. The molecule has 3 aromatic rings. The third-order valence-electron chi connectivity index (χ3n) is 4.73. The van der Waals surface area contributed by atoms with E-state index >= 15 is 0 Å². The highest BCUT2D eigenvalue weighted by atomic mass is 35.5. The molecule has 172 valence electrons. The van der Waals surface area contributed by atoms with Crippen LogP contribution in [0.4, 0.5) is 5.69 Å². The van der Waals surface area contributed by atoms with E-state index in [1.165, 1.54) is 18.9 Å². The Morgan fingerprint density at radius 2 is 2.00 bits per heavy atom. The quantitative estimate of drug-likeness (QED) is 0.464. The lowest BCUT2D eigenvalue weighted by molar-refractivity contribution is -0.113. The number of benzene rings is 2. The summed E-state index contributed by atoms with van der Waals surface area (Å²) in [6, 6.07) is 9.96. The molecule has 1 aliphatic heterocycles. The van der Waals surface area contributed by atoms with Crippen LogP contribution in [0.25, 0.3) is 0 Å². The molecular formula is C21H20ClN5O5S. The van der Waals surface area contributed by atoms with Gasteiger partial charge in [-0.05, 0) is 36.4 Å². The van der Waals surface area contributed by atoms with Crippen molar-refractivity contribution < 1.29 is 23.8 Å². The van der Waals surface area contributed by atoms with Gasteiger partial charge in [0.2, 0.25) is 12.7 Å². The number of hydrogen-bond donors (Lipinski definition) is 2. The second-order valence-corrected chi connectivity index (χ2v) is 8.27. The molecule has 0 spiro atoms. The van der Waals surface area contributed by atoms with E-state index in [0.717, 1.165) is 0 Å². The van der Waals surface area contributed by atoms with Gasteiger partial charge in [0.25, 0.3) is 5.91 Å². The van der Waals surface area contributed by atoms with E-state index < -0.39 is 0 Å². The first-order valence-corrected chi connectivity index (χ1v) is 11.1. The van der Waals surface area contributed by atoms with Crippen LogP contribution >= 0.6 is 23.4 Å². The van der Waals surface area contributed by atoms with Crippen molar-refractivity contribution in [3.63, 3.8) is 0 Å². The third-order valence-corrected chi connectivity index (χ3v) is 5.99. The van der Waals surface area contributed by atoms with Gasteiger partial charge in [0.1, 0.15) is 5.75 Å². The van der Waals surface area contributed by atoms with Crippen molar-refractivity contribution in [1.29, 1.82) is 0 Å². The molecule has 0 radical (unpaired) electrons. The number of carbonyl (C=O) groups is 2. The molecule has 0 bridgehead atoms. The standard InChI is InChI=1S/C21H20ClN5O5S/c1-27-18(9-23-20(29)12-3-5-16-17(7-12)32-11-31-16)25-26-21(27)33-10-19(28)24-14-8-13(22)4-6-15(14)30-2/h3-8H,9-11H2,1-2H3,(H,23,29)(H,24,28). The number of halogens is 1. The number of carbonyl (C=O) groups excluding carboxylic acids is 2. The van der Waals surface area contributed by atoms with Gasteiger partial charge in [-0.25, -0.2) is 0 Å². The van der Waals surface area contributed by atoms with Crippen molar-refractivity contribution >= 4 is 40.9 Å². The van der Waals surface area contributed by atoms with E-state index in [1.54, 1.807) is 48.0 Å². The highest BCUT2D eigenvalue weighted by molar-refractivity contribution is 7.99. The van der Waals surface area contributed by atoms with Gasteiger partial charge >= 0.3 is 0 Å². The number of hydrogen-bond acceptors (Lipinski definition) is 8. The second kappa shape index (κ2) is 10.0. The minimum Gasteiger partial charge on any atom is -0.495 e. The summed E-state index contributed by atoms with van der Waals surface area (Å²) in [6.07, 6.45) is 0. The van der Waals surface area contributed by atoms with Crippen LogP contribution in [0.3, 0.4) is 0 Å². The summed E-state index contributed by atoms with van der Waals surface area (Å²) in [4.78, 5) is 24.8. The molecule has 4 rings (SSSR count). The summed E-state index contributed by atoms with van der Waals surface area (Å²) in [7, 11) is 3.28. The highest BCUT2D eigenvalue weighted by Gasteiger charge is 2.17. The number of ether oxygens (including phenoxy) is 3. The van der Waals surface area contributed by atoms with Gasteiger partial charge in [0.15, 0.2) is 22.5 Å². The Morgan fingerprint density at radius 1 is 1.18 bits per heavy atom. The summed E-state index contributed by atoms with van der Waals surface area (Å²) in [6.45, 7) is 0.313. The molecule has 1 aliphatic rings. The molecule has 1 aromatic heterocycles. The first-order valence-electron chi connectivity index (χ1n) is 9.77. The van der Waals surface area contributed by atoms with E-state index in [0.29, 0.717) is 44.5 Å². The summed E-state index contributed by atoms with van der Waals surface area (Å²) in [5.41, 5.74) is 0.935. The number of fused-ring (bicyclic) bond motifs is 1. The van der Waals surface area contributed by atoms with Gasteiger partial charge in [-0.15, -0.1) is 10.2 Å². The van der Waals surface area contributed by atoms with Gasteiger partial charge in [-0.1, -0.05) is 23.4 Å². The topological polar surface area (TPSA) is 117 Å². The average molecular weight is 490 g/mol. The third kappa shape index (κ3) is 5.32. The molecule has 2 N–H and O–H groups in total. The van der Waals surface area contributed by atoms with Gasteiger partial charge < -0.3 is 29.4 Å². The molecule has 0 unspecified atom stereocenters. The van der Waals surface area contributed by atoms with Crippen LogP contribution in [0.5, 0.6) is 17.2 Å². The Kier molecular flexibility index (Phi) is 6.90. The Morgan fingerprint density at radius 3 is 2.82 bits per heavy atom.